The lowest BCUT2D eigenvalue weighted by molar-refractivity contribution is -0.385. The summed E-state index contributed by atoms with van der Waals surface area (Å²) in [4.78, 5) is 34.9. The molecule has 9 nitrogen and oxygen atoms in total. The van der Waals surface area contributed by atoms with Crippen LogP contribution in [0.15, 0.2) is 42.5 Å². The Balaban J connectivity index is 1.66. The summed E-state index contributed by atoms with van der Waals surface area (Å²) in [5, 5.41) is 14.0. The second-order valence-corrected chi connectivity index (χ2v) is 6.05. The first kappa shape index (κ1) is 19.2. The van der Waals surface area contributed by atoms with Gasteiger partial charge in [-0.1, -0.05) is 30.3 Å². The maximum absolute atomic E-state index is 12.3. The summed E-state index contributed by atoms with van der Waals surface area (Å²) in [6.45, 7) is 1.75. The highest BCUT2D eigenvalue weighted by molar-refractivity contribution is 5.96. The number of nitro groups is 1. The number of rotatable bonds is 6. The summed E-state index contributed by atoms with van der Waals surface area (Å²) >= 11 is 0. The largest absolute Gasteiger partial charge is 0.486 e. The van der Waals surface area contributed by atoms with Gasteiger partial charge >= 0.3 is 5.97 Å². The van der Waals surface area contributed by atoms with E-state index in [9.17, 15) is 19.7 Å². The van der Waals surface area contributed by atoms with Crippen LogP contribution in [-0.4, -0.2) is 36.6 Å². The number of nitrogens with zero attached hydrogens (tertiary/aromatic N) is 1. The summed E-state index contributed by atoms with van der Waals surface area (Å²) in [5.41, 5.74) is 0.107. The lowest BCUT2D eigenvalue weighted by Crippen LogP contribution is -2.31. The fraction of sp³-hybridized carbons (Fsp3) is 0.263. The SMILES string of the molecule is C[C@H](NC(=O)COC(=O)c1cc2c(cc1[N+](=O)[O-])OCCO2)c1ccccc1. The van der Waals surface area contributed by atoms with E-state index >= 15 is 0 Å². The molecule has 2 aromatic carbocycles. The van der Waals surface area contributed by atoms with Gasteiger partial charge in [0, 0.05) is 6.07 Å². The number of nitrogens with one attached hydrogen (secondary N) is 1. The van der Waals surface area contributed by atoms with E-state index in [0.29, 0.717) is 0 Å². The van der Waals surface area contributed by atoms with E-state index in [1.807, 2.05) is 30.3 Å². The minimum atomic E-state index is -0.994. The van der Waals surface area contributed by atoms with Gasteiger partial charge in [0.1, 0.15) is 18.8 Å². The van der Waals surface area contributed by atoms with E-state index in [0.717, 1.165) is 11.6 Å². The zero-order chi connectivity index (χ0) is 20.1. The molecule has 0 aliphatic carbocycles. The molecule has 1 aliphatic heterocycles. The third kappa shape index (κ3) is 4.37. The van der Waals surface area contributed by atoms with Crippen molar-refractivity contribution in [3.05, 3.63) is 63.7 Å². The summed E-state index contributed by atoms with van der Waals surface area (Å²) in [6.07, 6.45) is 0. The van der Waals surface area contributed by atoms with Gasteiger partial charge in [-0.2, -0.15) is 0 Å². The number of ether oxygens (including phenoxy) is 3. The minimum Gasteiger partial charge on any atom is -0.486 e. The first-order valence-electron chi connectivity index (χ1n) is 8.55. The van der Waals surface area contributed by atoms with Crippen molar-refractivity contribution in [2.45, 2.75) is 13.0 Å². The van der Waals surface area contributed by atoms with Crippen LogP contribution in [-0.2, 0) is 9.53 Å². The number of hydrogen-bond acceptors (Lipinski definition) is 7. The van der Waals surface area contributed by atoms with Crippen LogP contribution in [0.25, 0.3) is 0 Å². The van der Waals surface area contributed by atoms with E-state index in [-0.39, 0.29) is 36.3 Å². The fourth-order valence-electron chi connectivity index (χ4n) is 2.71. The molecule has 0 spiro atoms. The molecular weight excluding hydrogens is 368 g/mol. The van der Waals surface area contributed by atoms with Crippen LogP contribution in [0.1, 0.15) is 28.9 Å². The summed E-state index contributed by atoms with van der Waals surface area (Å²) in [5.74, 6) is -1.12. The number of amides is 1. The number of esters is 1. The van der Waals surface area contributed by atoms with Crippen LogP contribution in [0.2, 0.25) is 0 Å². The molecule has 28 heavy (non-hydrogen) atoms. The Morgan fingerprint density at radius 3 is 2.46 bits per heavy atom. The Morgan fingerprint density at radius 1 is 1.18 bits per heavy atom. The van der Waals surface area contributed by atoms with E-state index < -0.39 is 29.1 Å². The molecule has 146 valence electrons. The first-order chi connectivity index (χ1) is 13.5. The molecule has 0 radical (unpaired) electrons. The predicted octanol–water partition coefficient (Wildman–Crippen LogP) is 2.40. The van der Waals surface area contributed by atoms with E-state index in [1.54, 1.807) is 6.92 Å². The van der Waals surface area contributed by atoms with Crippen molar-refractivity contribution in [1.29, 1.82) is 0 Å². The first-order valence-corrected chi connectivity index (χ1v) is 8.55. The van der Waals surface area contributed by atoms with Gasteiger partial charge in [-0.25, -0.2) is 4.79 Å². The normalized spacial score (nSPS) is 13.3. The summed E-state index contributed by atoms with van der Waals surface area (Å²) in [7, 11) is 0. The second-order valence-electron chi connectivity index (χ2n) is 6.05. The summed E-state index contributed by atoms with van der Waals surface area (Å²) in [6, 6.07) is 11.3. The predicted molar refractivity (Wildman–Crippen MR) is 97.4 cm³/mol. The number of hydrogen-bond donors (Lipinski definition) is 1. The average Bonchev–Trinajstić information content (AvgIpc) is 2.71. The molecule has 2 aromatic rings. The lowest BCUT2D eigenvalue weighted by atomic mass is 10.1. The highest BCUT2D eigenvalue weighted by Crippen LogP contribution is 2.36. The molecule has 1 heterocycles. The van der Waals surface area contributed by atoms with Crippen LogP contribution in [0.3, 0.4) is 0 Å². The Bertz CT molecular complexity index is 899. The average molecular weight is 386 g/mol. The lowest BCUT2D eigenvalue weighted by Gasteiger charge is -2.18. The Morgan fingerprint density at radius 2 is 1.82 bits per heavy atom. The Kier molecular flexibility index (Phi) is 5.73. The molecule has 1 atom stereocenters. The summed E-state index contributed by atoms with van der Waals surface area (Å²) < 4.78 is 15.6. The van der Waals surface area contributed by atoms with Crippen molar-refractivity contribution in [2.75, 3.05) is 19.8 Å². The van der Waals surface area contributed by atoms with Gasteiger partial charge in [0.25, 0.3) is 11.6 Å². The standard InChI is InChI=1S/C19H18N2O7/c1-12(13-5-3-2-4-6-13)20-18(22)11-28-19(23)14-9-16-17(27-8-7-26-16)10-15(14)21(24)25/h2-6,9-10,12H,7-8,11H2,1H3,(H,20,22)/t12-/m0/s1. The molecule has 1 aliphatic rings. The molecule has 0 fully saturated rings. The Labute approximate surface area is 160 Å². The number of benzene rings is 2. The van der Waals surface area contributed by atoms with Gasteiger partial charge in [-0.3, -0.25) is 14.9 Å². The number of nitro benzene ring substituents is 1. The Hall–Kier alpha value is -3.62. The van der Waals surface area contributed by atoms with Crippen LogP contribution < -0.4 is 14.8 Å². The molecular formula is C19H18N2O7. The van der Waals surface area contributed by atoms with Crippen LogP contribution in [0.5, 0.6) is 11.5 Å². The van der Waals surface area contributed by atoms with Crippen molar-refractivity contribution in [3.8, 4) is 11.5 Å². The van der Waals surface area contributed by atoms with Crippen molar-refractivity contribution in [2.24, 2.45) is 0 Å². The van der Waals surface area contributed by atoms with Crippen molar-refractivity contribution in [3.63, 3.8) is 0 Å². The zero-order valence-corrected chi connectivity index (χ0v) is 15.0. The third-order valence-corrected chi connectivity index (χ3v) is 4.09. The van der Waals surface area contributed by atoms with Gasteiger partial charge in [0.2, 0.25) is 0 Å². The molecule has 9 heteroatoms. The monoisotopic (exact) mass is 386 g/mol. The molecule has 0 saturated carbocycles. The second kappa shape index (κ2) is 8.38. The van der Waals surface area contributed by atoms with Crippen LogP contribution >= 0.6 is 0 Å². The maximum Gasteiger partial charge on any atom is 0.345 e. The van der Waals surface area contributed by atoms with Gasteiger partial charge in [0.15, 0.2) is 18.1 Å². The van der Waals surface area contributed by atoms with E-state index in [2.05, 4.69) is 5.32 Å². The van der Waals surface area contributed by atoms with Crippen LogP contribution in [0, 0.1) is 10.1 Å². The molecule has 1 N–H and O–H groups in total. The van der Waals surface area contributed by atoms with Crippen LogP contribution in [0.4, 0.5) is 5.69 Å². The van der Waals surface area contributed by atoms with E-state index in [4.69, 9.17) is 14.2 Å². The highest BCUT2D eigenvalue weighted by Gasteiger charge is 2.27. The fourth-order valence-corrected chi connectivity index (χ4v) is 2.71. The highest BCUT2D eigenvalue weighted by atomic mass is 16.6. The van der Waals surface area contributed by atoms with Crippen molar-refractivity contribution in [1.82, 2.24) is 5.32 Å². The van der Waals surface area contributed by atoms with Gasteiger partial charge in [-0.05, 0) is 12.5 Å². The van der Waals surface area contributed by atoms with Crippen molar-refractivity contribution >= 4 is 17.6 Å². The van der Waals surface area contributed by atoms with Gasteiger partial charge < -0.3 is 19.5 Å². The van der Waals surface area contributed by atoms with Gasteiger partial charge in [-0.15, -0.1) is 0 Å². The molecule has 3 rings (SSSR count). The van der Waals surface area contributed by atoms with E-state index in [1.165, 1.54) is 6.07 Å². The number of carbonyl (C=O) groups excluding carboxylic acids is 2. The maximum atomic E-state index is 12.3. The van der Waals surface area contributed by atoms with Crippen molar-refractivity contribution < 1.29 is 28.7 Å². The number of carbonyl (C=O) groups is 2. The quantitative estimate of drug-likeness (QED) is 0.460. The molecule has 0 aromatic heterocycles. The topological polar surface area (TPSA) is 117 Å². The third-order valence-electron chi connectivity index (χ3n) is 4.09. The zero-order valence-electron chi connectivity index (χ0n) is 15.0. The molecule has 0 saturated heterocycles. The smallest absolute Gasteiger partial charge is 0.345 e. The molecule has 0 unspecified atom stereocenters. The molecule has 0 bridgehead atoms. The number of fused-ring (bicyclic) bond motifs is 1. The molecule has 1 amide bonds. The van der Waals surface area contributed by atoms with Gasteiger partial charge in [0.05, 0.1) is 17.0 Å². The minimum absolute atomic E-state index is 0.184.